The summed E-state index contributed by atoms with van der Waals surface area (Å²) in [5.41, 5.74) is 7.99. The topological polar surface area (TPSA) is 43.1 Å². The number of rotatable bonds is 2. The first-order chi connectivity index (χ1) is 7.99. The zero-order chi connectivity index (χ0) is 12.6. The summed E-state index contributed by atoms with van der Waals surface area (Å²) in [5.74, 6) is 0.0531. The highest BCUT2D eigenvalue weighted by Gasteiger charge is 2.29. The molecule has 1 amide bonds. The molecule has 1 aliphatic rings. The number of hydrogen-bond acceptors (Lipinski definition) is 1. The average molecular weight is 233 g/mol. The minimum absolute atomic E-state index is 0.275. The van der Waals surface area contributed by atoms with Crippen LogP contribution in [0.25, 0.3) is 5.57 Å². The molecule has 1 aromatic rings. The van der Waals surface area contributed by atoms with E-state index in [1.54, 1.807) is 0 Å². The predicted octanol–water partition coefficient (Wildman–Crippen LogP) is 2.84. The van der Waals surface area contributed by atoms with Crippen LogP contribution in [0, 0.1) is 11.7 Å². The molecular formula is C14H16FNO. The highest BCUT2D eigenvalue weighted by Crippen LogP contribution is 2.44. The minimum Gasteiger partial charge on any atom is -0.366 e. The zero-order valence-electron chi connectivity index (χ0n) is 10.0. The maximum absolute atomic E-state index is 13.3. The quantitative estimate of drug-likeness (QED) is 0.784. The zero-order valence-corrected chi connectivity index (χ0v) is 10.0. The van der Waals surface area contributed by atoms with E-state index in [0.29, 0.717) is 11.8 Å². The highest BCUT2D eigenvalue weighted by molar-refractivity contribution is 5.95. The van der Waals surface area contributed by atoms with Crippen LogP contribution in [0.4, 0.5) is 4.39 Å². The van der Waals surface area contributed by atoms with Crippen LogP contribution in [0.1, 0.15) is 37.3 Å². The molecule has 0 bridgehead atoms. The van der Waals surface area contributed by atoms with Crippen molar-refractivity contribution in [2.24, 2.45) is 11.7 Å². The van der Waals surface area contributed by atoms with E-state index >= 15 is 0 Å². The standard InChI is InChI=1S/C14H16FNO/c1-8(2)12-5-9(6-14(16)17)13-7-10(15)3-4-11(12)13/h3-4,6-8,12H,5H2,1-2H3,(H2,16,17)/b9-6+. The van der Waals surface area contributed by atoms with Gasteiger partial charge in [-0.1, -0.05) is 19.9 Å². The molecule has 1 atom stereocenters. The van der Waals surface area contributed by atoms with E-state index in [1.165, 1.54) is 18.2 Å². The van der Waals surface area contributed by atoms with E-state index in [-0.39, 0.29) is 5.82 Å². The van der Waals surface area contributed by atoms with Crippen LogP contribution in [-0.2, 0) is 4.79 Å². The molecule has 2 N–H and O–H groups in total. The molecule has 0 saturated carbocycles. The molecule has 0 fully saturated rings. The number of hydrogen-bond donors (Lipinski definition) is 1. The van der Waals surface area contributed by atoms with Crippen LogP contribution in [0.2, 0.25) is 0 Å². The highest BCUT2D eigenvalue weighted by atomic mass is 19.1. The van der Waals surface area contributed by atoms with E-state index in [0.717, 1.165) is 23.1 Å². The van der Waals surface area contributed by atoms with Gasteiger partial charge >= 0.3 is 0 Å². The van der Waals surface area contributed by atoms with Crippen molar-refractivity contribution < 1.29 is 9.18 Å². The van der Waals surface area contributed by atoms with Gasteiger partial charge < -0.3 is 5.73 Å². The van der Waals surface area contributed by atoms with Gasteiger partial charge in [-0.05, 0) is 47.1 Å². The Balaban J connectivity index is 2.52. The second-order valence-corrected chi connectivity index (χ2v) is 4.86. The fourth-order valence-electron chi connectivity index (χ4n) is 2.49. The third-order valence-electron chi connectivity index (χ3n) is 3.32. The average Bonchev–Trinajstić information content (AvgIpc) is 2.56. The molecule has 17 heavy (non-hydrogen) atoms. The second kappa shape index (κ2) is 4.32. The van der Waals surface area contributed by atoms with Crippen molar-refractivity contribution in [2.45, 2.75) is 26.2 Å². The number of carbonyl (C=O) groups is 1. The van der Waals surface area contributed by atoms with Gasteiger partial charge in [0.1, 0.15) is 5.82 Å². The number of benzene rings is 1. The number of primary amides is 1. The summed E-state index contributed by atoms with van der Waals surface area (Å²) in [7, 11) is 0. The first-order valence-corrected chi connectivity index (χ1v) is 5.79. The molecule has 0 spiro atoms. The Hall–Kier alpha value is -1.64. The Labute approximate surface area is 100 Å². The minimum atomic E-state index is -0.473. The maximum atomic E-state index is 13.3. The number of fused-ring (bicyclic) bond motifs is 1. The van der Waals surface area contributed by atoms with Crippen molar-refractivity contribution >= 4 is 11.5 Å². The van der Waals surface area contributed by atoms with Gasteiger partial charge in [-0.25, -0.2) is 4.39 Å². The summed E-state index contributed by atoms with van der Waals surface area (Å²) in [6.07, 6.45) is 2.18. The van der Waals surface area contributed by atoms with Crippen molar-refractivity contribution in [3.8, 4) is 0 Å². The SMILES string of the molecule is CC(C)C1C/C(=C\C(N)=O)c2cc(F)ccc21. The lowest BCUT2D eigenvalue weighted by Crippen LogP contribution is -2.06. The summed E-state index contributed by atoms with van der Waals surface area (Å²) in [6.45, 7) is 4.26. The molecule has 90 valence electrons. The van der Waals surface area contributed by atoms with Crippen molar-refractivity contribution in [2.75, 3.05) is 0 Å². The summed E-state index contributed by atoms with van der Waals surface area (Å²) >= 11 is 0. The molecule has 0 radical (unpaired) electrons. The molecular weight excluding hydrogens is 217 g/mol. The van der Waals surface area contributed by atoms with Crippen molar-refractivity contribution in [3.05, 3.63) is 41.2 Å². The molecule has 0 aliphatic heterocycles. The van der Waals surface area contributed by atoms with Gasteiger partial charge in [0.25, 0.3) is 0 Å². The molecule has 2 nitrogen and oxygen atoms in total. The largest absolute Gasteiger partial charge is 0.366 e. The third-order valence-corrected chi connectivity index (χ3v) is 3.32. The number of amides is 1. The summed E-state index contributed by atoms with van der Waals surface area (Å²) in [6, 6.07) is 4.78. The van der Waals surface area contributed by atoms with Gasteiger partial charge in [-0.3, -0.25) is 4.79 Å². The Morgan fingerprint density at radius 3 is 2.82 bits per heavy atom. The summed E-state index contributed by atoms with van der Waals surface area (Å²) in [5, 5.41) is 0. The Bertz CT molecular complexity index is 491. The monoisotopic (exact) mass is 233 g/mol. The molecule has 1 aromatic carbocycles. The molecule has 2 rings (SSSR count). The van der Waals surface area contributed by atoms with Crippen molar-refractivity contribution in [1.29, 1.82) is 0 Å². The Morgan fingerprint density at radius 2 is 2.24 bits per heavy atom. The van der Waals surface area contributed by atoms with Crippen LogP contribution in [0.3, 0.4) is 0 Å². The van der Waals surface area contributed by atoms with E-state index < -0.39 is 5.91 Å². The molecule has 0 aromatic heterocycles. The van der Waals surface area contributed by atoms with Gasteiger partial charge in [0, 0.05) is 6.08 Å². The third kappa shape index (κ3) is 2.23. The van der Waals surface area contributed by atoms with Crippen molar-refractivity contribution in [1.82, 2.24) is 0 Å². The van der Waals surface area contributed by atoms with Crippen LogP contribution in [0.5, 0.6) is 0 Å². The summed E-state index contributed by atoms with van der Waals surface area (Å²) < 4.78 is 13.3. The first-order valence-electron chi connectivity index (χ1n) is 5.79. The lowest BCUT2D eigenvalue weighted by Gasteiger charge is -2.14. The lowest BCUT2D eigenvalue weighted by molar-refractivity contribution is -0.113. The maximum Gasteiger partial charge on any atom is 0.241 e. The molecule has 0 saturated heterocycles. The van der Waals surface area contributed by atoms with Gasteiger partial charge in [0.2, 0.25) is 5.91 Å². The van der Waals surface area contributed by atoms with Gasteiger partial charge in [0.15, 0.2) is 0 Å². The second-order valence-electron chi connectivity index (χ2n) is 4.86. The summed E-state index contributed by atoms with van der Waals surface area (Å²) in [4.78, 5) is 11.0. The van der Waals surface area contributed by atoms with E-state index in [2.05, 4.69) is 13.8 Å². The molecule has 1 unspecified atom stereocenters. The molecule has 1 aliphatic carbocycles. The van der Waals surface area contributed by atoms with Crippen molar-refractivity contribution in [3.63, 3.8) is 0 Å². The number of halogens is 1. The predicted molar refractivity (Wildman–Crippen MR) is 65.8 cm³/mol. The van der Waals surface area contributed by atoms with Gasteiger partial charge in [-0.15, -0.1) is 0 Å². The van der Waals surface area contributed by atoms with E-state index in [4.69, 9.17) is 5.73 Å². The van der Waals surface area contributed by atoms with Crippen LogP contribution in [-0.4, -0.2) is 5.91 Å². The molecule has 0 heterocycles. The van der Waals surface area contributed by atoms with Gasteiger partial charge in [0.05, 0.1) is 0 Å². The molecule has 3 heteroatoms. The van der Waals surface area contributed by atoms with Crippen LogP contribution >= 0.6 is 0 Å². The fraction of sp³-hybridized carbons (Fsp3) is 0.357. The fourth-order valence-corrected chi connectivity index (χ4v) is 2.49. The van der Waals surface area contributed by atoms with E-state index in [1.807, 2.05) is 6.07 Å². The van der Waals surface area contributed by atoms with Crippen LogP contribution < -0.4 is 5.73 Å². The number of allylic oxidation sites excluding steroid dienone is 1. The number of nitrogens with two attached hydrogens (primary N) is 1. The Kier molecular flexibility index (Phi) is 3.01. The Morgan fingerprint density at radius 1 is 1.53 bits per heavy atom. The lowest BCUT2D eigenvalue weighted by atomic mass is 9.90. The van der Waals surface area contributed by atoms with E-state index in [9.17, 15) is 9.18 Å². The number of carbonyl (C=O) groups excluding carboxylic acids is 1. The van der Waals surface area contributed by atoms with Gasteiger partial charge in [-0.2, -0.15) is 0 Å². The van der Waals surface area contributed by atoms with Crippen LogP contribution in [0.15, 0.2) is 24.3 Å². The smallest absolute Gasteiger partial charge is 0.241 e. The normalized spacial score (nSPS) is 20.9. The first kappa shape index (κ1) is 11.8.